The molecule has 0 spiro atoms. The van der Waals surface area contributed by atoms with E-state index in [-0.39, 0.29) is 18.6 Å². The van der Waals surface area contributed by atoms with Crippen LogP contribution in [-0.2, 0) is 17.7 Å². The normalized spacial score (nSPS) is 20.4. The number of fused-ring (bicyclic) bond motifs is 1. The van der Waals surface area contributed by atoms with Crippen LogP contribution in [0.3, 0.4) is 0 Å². The van der Waals surface area contributed by atoms with E-state index >= 15 is 0 Å². The molecule has 0 saturated carbocycles. The standard InChI is InChI=1S/C24H33N5O3/c1-28-10-11-32-22(17-28)14-26-23-12-19(6-8-25-23)24(31)27-13-21(30)16-29-9-7-18-4-2-3-5-20(18)15-29/h2-6,8,12,21-22,30H,7,9-11,13-17H2,1H3,(H,25,26)(H,27,31)/t21-,22?/m0/s1. The van der Waals surface area contributed by atoms with Crippen molar-refractivity contribution in [3.63, 3.8) is 0 Å². The molecule has 3 heterocycles. The Kier molecular flexibility index (Phi) is 7.70. The minimum Gasteiger partial charge on any atom is -0.390 e. The van der Waals surface area contributed by atoms with Crippen LogP contribution >= 0.6 is 0 Å². The number of benzene rings is 1. The molecule has 32 heavy (non-hydrogen) atoms. The van der Waals surface area contributed by atoms with Gasteiger partial charge >= 0.3 is 0 Å². The lowest BCUT2D eigenvalue weighted by Gasteiger charge is -2.30. The number of carbonyl (C=O) groups is 1. The lowest BCUT2D eigenvalue weighted by Crippen LogP contribution is -2.43. The second kappa shape index (κ2) is 10.9. The number of nitrogens with zero attached hydrogens (tertiary/aromatic N) is 3. The van der Waals surface area contributed by atoms with Crippen LogP contribution in [0.4, 0.5) is 5.82 Å². The summed E-state index contributed by atoms with van der Waals surface area (Å²) in [6.45, 7) is 5.68. The molecular weight excluding hydrogens is 406 g/mol. The summed E-state index contributed by atoms with van der Waals surface area (Å²) in [5, 5.41) is 16.6. The highest BCUT2D eigenvalue weighted by molar-refractivity contribution is 5.94. The van der Waals surface area contributed by atoms with E-state index in [4.69, 9.17) is 4.74 Å². The van der Waals surface area contributed by atoms with Gasteiger partial charge in [0.25, 0.3) is 5.91 Å². The number of ether oxygens (including phenoxy) is 1. The highest BCUT2D eigenvalue weighted by Crippen LogP contribution is 2.18. The van der Waals surface area contributed by atoms with Crippen molar-refractivity contribution in [2.45, 2.75) is 25.2 Å². The molecule has 2 atom stereocenters. The molecule has 172 valence electrons. The van der Waals surface area contributed by atoms with Crippen molar-refractivity contribution in [2.24, 2.45) is 0 Å². The minimum absolute atomic E-state index is 0.102. The fourth-order valence-corrected chi connectivity index (χ4v) is 4.26. The van der Waals surface area contributed by atoms with Crippen LogP contribution in [0, 0.1) is 0 Å². The highest BCUT2D eigenvalue weighted by atomic mass is 16.5. The maximum atomic E-state index is 12.6. The highest BCUT2D eigenvalue weighted by Gasteiger charge is 2.20. The number of carbonyl (C=O) groups excluding carboxylic acids is 1. The summed E-state index contributed by atoms with van der Waals surface area (Å²) < 4.78 is 5.75. The van der Waals surface area contributed by atoms with E-state index in [1.165, 1.54) is 11.1 Å². The number of aliphatic hydroxyl groups excluding tert-OH is 1. The van der Waals surface area contributed by atoms with Crippen LogP contribution in [0.2, 0.25) is 0 Å². The number of amides is 1. The van der Waals surface area contributed by atoms with Crippen LogP contribution in [0.15, 0.2) is 42.6 Å². The maximum absolute atomic E-state index is 12.6. The topological polar surface area (TPSA) is 90.0 Å². The number of nitrogens with one attached hydrogen (secondary N) is 2. The van der Waals surface area contributed by atoms with Gasteiger partial charge in [0.05, 0.1) is 18.8 Å². The SMILES string of the molecule is CN1CCOC(CNc2cc(C(=O)NC[C@H](O)CN3CCc4ccccc4C3)ccn2)C1. The quantitative estimate of drug-likeness (QED) is 0.565. The third-order valence-electron chi connectivity index (χ3n) is 6.05. The van der Waals surface area contributed by atoms with Gasteiger partial charge in [0, 0.05) is 57.6 Å². The van der Waals surface area contributed by atoms with Gasteiger partial charge in [-0.15, -0.1) is 0 Å². The van der Waals surface area contributed by atoms with Gasteiger partial charge in [-0.2, -0.15) is 0 Å². The van der Waals surface area contributed by atoms with Crippen LogP contribution in [0.5, 0.6) is 0 Å². The third kappa shape index (κ3) is 6.26. The number of hydrogen-bond acceptors (Lipinski definition) is 7. The minimum atomic E-state index is -0.621. The number of pyridine rings is 1. The molecule has 8 heteroatoms. The van der Waals surface area contributed by atoms with Crippen LogP contribution < -0.4 is 10.6 Å². The summed E-state index contributed by atoms with van der Waals surface area (Å²) in [5.74, 6) is 0.425. The zero-order valence-corrected chi connectivity index (χ0v) is 18.7. The fourth-order valence-electron chi connectivity index (χ4n) is 4.26. The molecule has 1 fully saturated rings. The fraction of sp³-hybridized carbons (Fsp3) is 0.500. The predicted molar refractivity (Wildman–Crippen MR) is 124 cm³/mol. The lowest BCUT2D eigenvalue weighted by atomic mass is 10.00. The number of hydrogen-bond donors (Lipinski definition) is 3. The molecule has 1 saturated heterocycles. The summed E-state index contributed by atoms with van der Waals surface area (Å²) in [6.07, 6.45) is 2.09. The van der Waals surface area contributed by atoms with E-state index in [1.54, 1.807) is 18.3 Å². The molecule has 8 nitrogen and oxygen atoms in total. The molecule has 4 rings (SSSR count). The van der Waals surface area contributed by atoms with E-state index in [0.29, 0.717) is 24.5 Å². The van der Waals surface area contributed by atoms with Gasteiger partial charge in [0.1, 0.15) is 5.82 Å². The first-order valence-electron chi connectivity index (χ1n) is 11.3. The molecule has 2 aromatic rings. The Morgan fingerprint density at radius 3 is 2.97 bits per heavy atom. The molecule has 1 aromatic carbocycles. The zero-order chi connectivity index (χ0) is 22.3. The number of β-amino-alcohol motifs (C(OH)–C–C–N with tert-alkyl or cyclic N) is 1. The van der Waals surface area contributed by atoms with E-state index in [1.807, 2.05) is 0 Å². The first-order valence-corrected chi connectivity index (χ1v) is 11.3. The van der Waals surface area contributed by atoms with Crippen molar-refractivity contribution in [1.82, 2.24) is 20.1 Å². The number of aromatic nitrogens is 1. The molecule has 1 aromatic heterocycles. The number of aliphatic hydroxyl groups is 1. The first kappa shape index (κ1) is 22.7. The smallest absolute Gasteiger partial charge is 0.251 e. The molecule has 2 aliphatic heterocycles. The largest absolute Gasteiger partial charge is 0.390 e. The Morgan fingerprint density at radius 1 is 1.28 bits per heavy atom. The predicted octanol–water partition coefficient (Wildman–Crippen LogP) is 0.973. The van der Waals surface area contributed by atoms with E-state index in [2.05, 4.69) is 56.7 Å². The van der Waals surface area contributed by atoms with Gasteiger partial charge in [-0.05, 0) is 36.7 Å². The Hall–Kier alpha value is -2.52. The second-order valence-corrected chi connectivity index (χ2v) is 8.68. The van der Waals surface area contributed by atoms with Crippen LogP contribution in [-0.4, -0.2) is 90.9 Å². The summed E-state index contributed by atoms with van der Waals surface area (Å²) in [5.41, 5.74) is 3.22. The Labute approximate surface area is 189 Å². The number of anilines is 1. The van der Waals surface area contributed by atoms with E-state index < -0.39 is 6.10 Å². The number of morpholine rings is 1. The number of rotatable bonds is 8. The van der Waals surface area contributed by atoms with E-state index in [9.17, 15) is 9.90 Å². The molecule has 0 bridgehead atoms. The molecular formula is C24H33N5O3. The first-order chi connectivity index (χ1) is 15.6. The van der Waals surface area contributed by atoms with Crippen molar-refractivity contribution in [3.8, 4) is 0 Å². The molecule has 0 aliphatic carbocycles. The van der Waals surface area contributed by atoms with Gasteiger partial charge < -0.3 is 25.4 Å². The molecule has 1 unspecified atom stereocenters. The lowest BCUT2D eigenvalue weighted by molar-refractivity contribution is -0.0117. The monoisotopic (exact) mass is 439 g/mol. The molecule has 1 amide bonds. The van der Waals surface area contributed by atoms with Crippen molar-refractivity contribution < 1.29 is 14.6 Å². The van der Waals surface area contributed by atoms with Crippen LogP contribution in [0.1, 0.15) is 21.5 Å². The van der Waals surface area contributed by atoms with E-state index in [0.717, 1.165) is 39.2 Å². The Balaban J connectivity index is 1.22. The van der Waals surface area contributed by atoms with Crippen molar-refractivity contribution >= 4 is 11.7 Å². The van der Waals surface area contributed by atoms with Gasteiger partial charge in [-0.25, -0.2) is 4.98 Å². The van der Waals surface area contributed by atoms with Gasteiger partial charge in [0.2, 0.25) is 0 Å². The Bertz CT molecular complexity index is 909. The summed E-state index contributed by atoms with van der Waals surface area (Å²) in [7, 11) is 2.08. The number of likely N-dealkylation sites (N-methyl/N-ethyl adjacent to an activating group) is 1. The molecule has 0 radical (unpaired) electrons. The van der Waals surface area contributed by atoms with Gasteiger partial charge in [-0.1, -0.05) is 24.3 Å². The van der Waals surface area contributed by atoms with Gasteiger partial charge in [0.15, 0.2) is 0 Å². The second-order valence-electron chi connectivity index (χ2n) is 8.68. The van der Waals surface area contributed by atoms with Crippen molar-refractivity contribution in [3.05, 3.63) is 59.3 Å². The zero-order valence-electron chi connectivity index (χ0n) is 18.7. The summed E-state index contributed by atoms with van der Waals surface area (Å²) in [4.78, 5) is 21.4. The van der Waals surface area contributed by atoms with Gasteiger partial charge in [-0.3, -0.25) is 9.69 Å². The molecule has 2 aliphatic rings. The summed E-state index contributed by atoms with van der Waals surface area (Å²) in [6, 6.07) is 11.8. The summed E-state index contributed by atoms with van der Waals surface area (Å²) >= 11 is 0. The average molecular weight is 440 g/mol. The van der Waals surface area contributed by atoms with Crippen molar-refractivity contribution in [2.75, 3.05) is 58.2 Å². The molecule has 3 N–H and O–H groups in total. The van der Waals surface area contributed by atoms with Crippen molar-refractivity contribution in [1.29, 1.82) is 0 Å². The third-order valence-corrected chi connectivity index (χ3v) is 6.05. The average Bonchev–Trinajstić information content (AvgIpc) is 2.81. The maximum Gasteiger partial charge on any atom is 0.251 e. The Morgan fingerprint density at radius 2 is 2.12 bits per heavy atom. The van der Waals surface area contributed by atoms with Crippen LogP contribution in [0.25, 0.3) is 0 Å².